The van der Waals surface area contributed by atoms with Gasteiger partial charge in [-0.05, 0) is 73.4 Å². The van der Waals surface area contributed by atoms with E-state index >= 15 is 0 Å². The Balaban J connectivity index is 1.52. The van der Waals surface area contributed by atoms with Gasteiger partial charge in [0.1, 0.15) is 5.82 Å². The first-order valence-corrected chi connectivity index (χ1v) is 12.9. The van der Waals surface area contributed by atoms with Gasteiger partial charge in [-0.1, -0.05) is 65.7 Å². The SMILES string of the molecule is Cc1ccc(-n2c(SC3=C(c4ccccc4)C4C=C(Cl)C=CC4=NC3=O)nnc2C2CC2)c(C)c1. The molecule has 5 nitrogen and oxygen atoms in total. The van der Waals surface area contributed by atoms with Crippen LogP contribution >= 0.6 is 23.4 Å². The topological polar surface area (TPSA) is 60.1 Å². The lowest BCUT2D eigenvalue weighted by atomic mass is 9.84. The molecule has 0 saturated heterocycles. The van der Waals surface area contributed by atoms with Crippen molar-refractivity contribution in [2.75, 3.05) is 0 Å². The van der Waals surface area contributed by atoms with Gasteiger partial charge in [0.2, 0.25) is 5.16 Å². The highest BCUT2D eigenvalue weighted by Gasteiger charge is 2.36. The number of dihydropyridines is 1. The number of aromatic nitrogens is 3. The van der Waals surface area contributed by atoms with Crippen LogP contribution in [0.4, 0.5) is 0 Å². The zero-order valence-corrected chi connectivity index (χ0v) is 21.0. The molecule has 35 heavy (non-hydrogen) atoms. The third-order valence-electron chi connectivity index (χ3n) is 6.51. The molecule has 1 amide bonds. The van der Waals surface area contributed by atoms with Crippen molar-refractivity contribution in [3.05, 3.63) is 99.2 Å². The second-order valence-corrected chi connectivity index (χ2v) is 10.6. The van der Waals surface area contributed by atoms with Crippen LogP contribution < -0.4 is 0 Å². The Morgan fingerprint density at radius 3 is 2.57 bits per heavy atom. The summed E-state index contributed by atoms with van der Waals surface area (Å²) < 4.78 is 2.13. The summed E-state index contributed by atoms with van der Waals surface area (Å²) >= 11 is 7.74. The van der Waals surface area contributed by atoms with E-state index in [2.05, 4.69) is 51.8 Å². The third-order valence-corrected chi connectivity index (χ3v) is 7.81. The number of rotatable bonds is 5. The molecular weight excluding hydrogens is 476 g/mol. The lowest BCUT2D eigenvalue weighted by Crippen LogP contribution is -2.24. The van der Waals surface area contributed by atoms with Crippen molar-refractivity contribution in [3.8, 4) is 5.69 Å². The second kappa shape index (κ2) is 8.77. The van der Waals surface area contributed by atoms with Gasteiger partial charge in [-0.3, -0.25) is 9.36 Å². The first-order chi connectivity index (χ1) is 17.0. The predicted octanol–water partition coefficient (Wildman–Crippen LogP) is 6.55. The molecule has 174 valence electrons. The van der Waals surface area contributed by atoms with Gasteiger partial charge in [0.05, 0.1) is 16.3 Å². The molecule has 1 unspecified atom stereocenters. The number of halogens is 1. The maximum atomic E-state index is 13.4. The van der Waals surface area contributed by atoms with Crippen LogP contribution in [-0.2, 0) is 4.79 Å². The van der Waals surface area contributed by atoms with E-state index in [0.717, 1.165) is 41.1 Å². The highest BCUT2D eigenvalue weighted by molar-refractivity contribution is 8.04. The lowest BCUT2D eigenvalue weighted by Gasteiger charge is -2.26. The zero-order valence-electron chi connectivity index (χ0n) is 19.4. The number of carbonyl (C=O) groups excluding carboxylic acids is 1. The molecule has 0 radical (unpaired) electrons. The Morgan fingerprint density at radius 2 is 1.83 bits per heavy atom. The average Bonchev–Trinajstić information content (AvgIpc) is 3.61. The molecule has 2 aliphatic carbocycles. The number of aliphatic imine (C=N–C) groups is 1. The Bertz CT molecular complexity index is 1480. The van der Waals surface area contributed by atoms with E-state index < -0.39 is 0 Å². The van der Waals surface area contributed by atoms with Gasteiger partial charge < -0.3 is 0 Å². The molecule has 3 aliphatic rings. The van der Waals surface area contributed by atoms with E-state index in [1.807, 2.05) is 42.5 Å². The van der Waals surface area contributed by atoms with Crippen LogP contribution in [0.5, 0.6) is 0 Å². The quantitative estimate of drug-likeness (QED) is 0.400. The summed E-state index contributed by atoms with van der Waals surface area (Å²) in [4.78, 5) is 18.4. The number of thioether (sulfide) groups is 1. The first kappa shape index (κ1) is 22.3. The van der Waals surface area contributed by atoms with E-state index in [4.69, 9.17) is 11.6 Å². The standard InChI is InChI=1S/C28H23ClN4OS/c1-16-8-13-23(17(2)14-16)33-26(19-9-10-19)31-32-28(33)35-25-24(18-6-4-3-5-7-18)21-15-20(29)11-12-22(21)30-27(25)34/h3-8,11-15,19,21H,9-10H2,1-2H3. The number of fused-ring (bicyclic) bond motifs is 1. The fourth-order valence-electron chi connectivity index (χ4n) is 4.69. The summed E-state index contributed by atoms with van der Waals surface area (Å²) in [5, 5.41) is 10.5. The van der Waals surface area contributed by atoms with Crippen molar-refractivity contribution >= 4 is 40.6 Å². The highest BCUT2D eigenvalue weighted by atomic mass is 35.5. The Kier molecular flexibility index (Phi) is 5.58. The smallest absolute Gasteiger partial charge is 0.273 e. The molecule has 0 bridgehead atoms. The number of amides is 1. The first-order valence-electron chi connectivity index (χ1n) is 11.7. The Hall–Kier alpha value is -3.22. The van der Waals surface area contributed by atoms with Gasteiger partial charge in [-0.15, -0.1) is 10.2 Å². The van der Waals surface area contributed by atoms with Crippen molar-refractivity contribution in [2.24, 2.45) is 10.9 Å². The molecule has 0 spiro atoms. The Labute approximate surface area is 213 Å². The largest absolute Gasteiger partial charge is 0.284 e. The van der Waals surface area contributed by atoms with Crippen molar-refractivity contribution in [1.29, 1.82) is 0 Å². The minimum atomic E-state index is -0.265. The molecule has 1 atom stereocenters. The average molecular weight is 499 g/mol. The molecule has 1 fully saturated rings. The van der Waals surface area contributed by atoms with E-state index in [0.29, 0.717) is 26.7 Å². The van der Waals surface area contributed by atoms with E-state index in [9.17, 15) is 4.79 Å². The highest BCUT2D eigenvalue weighted by Crippen LogP contribution is 2.45. The summed E-state index contributed by atoms with van der Waals surface area (Å²) in [5.41, 5.74) is 5.97. The summed E-state index contributed by atoms with van der Waals surface area (Å²) in [7, 11) is 0. The molecule has 6 rings (SSSR count). The normalized spacial score (nSPS) is 19.5. The molecule has 0 N–H and O–H groups in total. The minimum Gasteiger partial charge on any atom is -0.273 e. The molecule has 2 heterocycles. The lowest BCUT2D eigenvalue weighted by molar-refractivity contribution is -0.113. The molecule has 1 aliphatic heterocycles. The van der Waals surface area contributed by atoms with Crippen molar-refractivity contribution < 1.29 is 4.79 Å². The van der Waals surface area contributed by atoms with Crippen LogP contribution in [0.2, 0.25) is 0 Å². The van der Waals surface area contributed by atoms with E-state index in [1.54, 1.807) is 6.08 Å². The van der Waals surface area contributed by atoms with Crippen LogP contribution in [0.3, 0.4) is 0 Å². The number of aryl methyl sites for hydroxylation is 2. The number of allylic oxidation sites excluding steroid dienone is 5. The maximum Gasteiger partial charge on any atom is 0.284 e. The molecule has 1 saturated carbocycles. The maximum absolute atomic E-state index is 13.4. The van der Waals surface area contributed by atoms with Crippen molar-refractivity contribution in [1.82, 2.24) is 14.8 Å². The Morgan fingerprint density at radius 1 is 1.03 bits per heavy atom. The number of carbonyl (C=O) groups is 1. The summed E-state index contributed by atoms with van der Waals surface area (Å²) in [6.45, 7) is 4.19. The molecule has 7 heteroatoms. The van der Waals surface area contributed by atoms with Crippen molar-refractivity contribution in [3.63, 3.8) is 0 Å². The number of hydrogen-bond donors (Lipinski definition) is 0. The van der Waals surface area contributed by atoms with Gasteiger partial charge in [0, 0.05) is 16.9 Å². The predicted molar refractivity (Wildman–Crippen MR) is 141 cm³/mol. The van der Waals surface area contributed by atoms with Gasteiger partial charge in [-0.25, -0.2) is 4.99 Å². The summed E-state index contributed by atoms with van der Waals surface area (Å²) in [6.07, 6.45) is 7.79. The van der Waals surface area contributed by atoms with Gasteiger partial charge in [0.15, 0.2) is 0 Å². The van der Waals surface area contributed by atoms with Crippen LogP contribution in [0.15, 0.2) is 86.8 Å². The van der Waals surface area contributed by atoms with Gasteiger partial charge in [-0.2, -0.15) is 0 Å². The minimum absolute atomic E-state index is 0.199. The fraction of sp³-hybridized carbons (Fsp3) is 0.214. The summed E-state index contributed by atoms with van der Waals surface area (Å²) in [6, 6.07) is 16.4. The number of hydrogen-bond acceptors (Lipinski definition) is 4. The molecule has 2 aromatic carbocycles. The molecule has 1 aromatic heterocycles. The number of benzene rings is 2. The zero-order chi connectivity index (χ0) is 24.1. The second-order valence-electron chi connectivity index (χ2n) is 9.16. The van der Waals surface area contributed by atoms with Crippen LogP contribution in [0.25, 0.3) is 11.3 Å². The number of nitrogens with zero attached hydrogens (tertiary/aromatic N) is 4. The summed E-state index contributed by atoms with van der Waals surface area (Å²) in [5.74, 6) is 0.893. The van der Waals surface area contributed by atoms with Crippen LogP contribution in [0.1, 0.15) is 41.3 Å². The third kappa shape index (κ3) is 4.11. The van der Waals surface area contributed by atoms with E-state index in [1.165, 1.54) is 17.3 Å². The monoisotopic (exact) mass is 498 g/mol. The van der Waals surface area contributed by atoms with Gasteiger partial charge in [0.25, 0.3) is 5.91 Å². The van der Waals surface area contributed by atoms with Crippen LogP contribution in [0, 0.1) is 19.8 Å². The van der Waals surface area contributed by atoms with E-state index in [-0.39, 0.29) is 11.8 Å². The molecular formula is C28H23ClN4OS. The van der Waals surface area contributed by atoms with Gasteiger partial charge >= 0.3 is 0 Å². The fourth-order valence-corrected chi connectivity index (χ4v) is 5.91. The van der Waals surface area contributed by atoms with Crippen LogP contribution in [-0.4, -0.2) is 26.4 Å². The molecule has 3 aromatic rings. The van der Waals surface area contributed by atoms with Crippen molar-refractivity contribution in [2.45, 2.75) is 37.8 Å².